The zero-order valence-corrected chi connectivity index (χ0v) is 23.1. The SMILES string of the molecule is CCOc1cc(/C=N/NC(=O)C(C)N(c2ccc(OC)cc2)S(C)(=O)=O)ccc1OCc1ccc(Cl)cc1. The summed E-state index contributed by atoms with van der Waals surface area (Å²) >= 11 is 5.93. The zero-order chi connectivity index (χ0) is 27.7. The summed E-state index contributed by atoms with van der Waals surface area (Å²) < 4.78 is 42.7. The molecule has 3 aromatic carbocycles. The quantitative estimate of drug-likeness (QED) is 0.256. The standard InChI is InChI=1S/C27H30ClN3O6S/c1-5-36-26-16-21(8-15-25(26)37-18-20-6-9-22(28)10-7-20)17-29-30-27(32)19(2)31(38(4,33)34)23-11-13-24(35-3)14-12-23/h6-17,19H,5,18H2,1-4H3,(H,30,32)/b29-17+. The summed E-state index contributed by atoms with van der Waals surface area (Å²) in [6.07, 6.45) is 2.48. The minimum atomic E-state index is -3.76. The van der Waals surface area contributed by atoms with Crippen LogP contribution < -0.4 is 23.9 Å². The number of nitrogens with zero attached hydrogens (tertiary/aromatic N) is 2. The van der Waals surface area contributed by atoms with Crippen molar-refractivity contribution in [3.63, 3.8) is 0 Å². The Labute approximate surface area is 228 Å². The van der Waals surface area contributed by atoms with Crippen LogP contribution in [0, 0.1) is 0 Å². The first-order valence-corrected chi connectivity index (χ1v) is 14.0. The van der Waals surface area contributed by atoms with E-state index in [4.69, 9.17) is 25.8 Å². The lowest BCUT2D eigenvalue weighted by Crippen LogP contribution is -2.46. The molecule has 0 heterocycles. The van der Waals surface area contributed by atoms with Crippen molar-refractivity contribution in [2.45, 2.75) is 26.5 Å². The fourth-order valence-electron chi connectivity index (χ4n) is 3.54. The molecule has 0 aliphatic heterocycles. The normalized spacial score (nSPS) is 12.1. The van der Waals surface area contributed by atoms with Crippen molar-refractivity contribution in [3.05, 3.63) is 82.9 Å². The molecule has 0 fully saturated rings. The topological polar surface area (TPSA) is 107 Å². The van der Waals surface area contributed by atoms with Gasteiger partial charge in [0.05, 0.1) is 31.9 Å². The molecule has 38 heavy (non-hydrogen) atoms. The van der Waals surface area contributed by atoms with Crippen LogP contribution in [0.4, 0.5) is 5.69 Å². The average molecular weight is 560 g/mol. The lowest BCUT2D eigenvalue weighted by Gasteiger charge is -2.27. The minimum absolute atomic E-state index is 0.329. The summed E-state index contributed by atoms with van der Waals surface area (Å²) in [6, 6.07) is 17.9. The van der Waals surface area contributed by atoms with Crippen LogP contribution in [0.1, 0.15) is 25.0 Å². The number of ether oxygens (including phenoxy) is 3. The summed E-state index contributed by atoms with van der Waals surface area (Å²) in [6.45, 7) is 4.11. The van der Waals surface area contributed by atoms with Crippen LogP contribution in [0.2, 0.25) is 5.02 Å². The summed E-state index contributed by atoms with van der Waals surface area (Å²) in [5.41, 5.74) is 4.34. The largest absolute Gasteiger partial charge is 0.497 e. The fourth-order valence-corrected chi connectivity index (χ4v) is 4.84. The van der Waals surface area contributed by atoms with Crippen molar-refractivity contribution in [3.8, 4) is 17.2 Å². The van der Waals surface area contributed by atoms with Crippen molar-refractivity contribution in [1.29, 1.82) is 0 Å². The number of anilines is 1. The molecule has 0 aliphatic rings. The van der Waals surface area contributed by atoms with Crippen molar-refractivity contribution >= 4 is 39.4 Å². The van der Waals surface area contributed by atoms with Crippen LogP contribution in [-0.4, -0.2) is 46.6 Å². The number of halogens is 1. The van der Waals surface area contributed by atoms with E-state index >= 15 is 0 Å². The number of methoxy groups -OCH3 is 1. The van der Waals surface area contributed by atoms with E-state index in [0.717, 1.165) is 16.1 Å². The zero-order valence-electron chi connectivity index (χ0n) is 21.5. The van der Waals surface area contributed by atoms with Crippen LogP contribution >= 0.6 is 11.6 Å². The summed E-state index contributed by atoms with van der Waals surface area (Å²) in [7, 11) is -2.25. The van der Waals surface area contributed by atoms with E-state index in [9.17, 15) is 13.2 Å². The van der Waals surface area contributed by atoms with Crippen molar-refractivity contribution in [1.82, 2.24) is 5.43 Å². The molecule has 0 bridgehead atoms. The maximum Gasteiger partial charge on any atom is 0.263 e. The van der Waals surface area contributed by atoms with Crippen LogP contribution in [0.15, 0.2) is 71.8 Å². The number of carbonyl (C=O) groups is 1. The number of amides is 1. The summed E-state index contributed by atoms with van der Waals surface area (Å²) in [4.78, 5) is 12.8. The number of sulfonamides is 1. The molecule has 1 atom stereocenters. The first-order chi connectivity index (χ1) is 18.1. The third kappa shape index (κ3) is 7.87. The van der Waals surface area contributed by atoms with E-state index in [1.54, 1.807) is 54.6 Å². The first-order valence-electron chi connectivity index (χ1n) is 11.7. The Kier molecular flexibility index (Phi) is 9.98. The van der Waals surface area contributed by atoms with E-state index in [-0.39, 0.29) is 0 Å². The number of rotatable bonds is 12. The van der Waals surface area contributed by atoms with Gasteiger partial charge in [-0.15, -0.1) is 0 Å². The van der Waals surface area contributed by atoms with Gasteiger partial charge in [-0.2, -0.15) is 5.10 Å². The molecule has 1 unspecified atom stereocenters. The highest BCUT2D eigenvalue weighted by molar-refractivity contribution is 7.92. The molecule has 3 aromatic rings. The fraction of sp³-hybridized carbons (Fsp3) is 0.259. The van der Waals surface area contributed by atoms with Crippen LogP contribution in [0.25, 0.3) is 0 Å². The maximum atomic E-state index is 12.8. The van der Waals surface area contributed by atoms with E-state index in [1.165, 1.54) is 20.2 Å². The van der Waals surface area contributed by atoms with Crippen molar-refractivity contribution in [2.75, 3.05) is 24.3 Å². The van der Waals surface area contributed by atoms with Gasteiger partial charge in [0.15, 0.2) is 11.5 Å². The number of hydrogen-bond donors (Lipinski definition) is 1. The second-order valence-electron chi connectivity index (χ2n) is 8.22. The van der Waals surface area contributed by atoms with E-state index in [1.807, 2.05) is 19.1 Å². The van der Waals surface area contributed by atoms with Gasteiger partial charge in [-0.3, -0.25) is 9.10 Å². The van der Waals surface area contributed by atoms with E-state index in [0.29, 0.717) is 46.7 Å². The Morgan fingerprint density at radius 1 is 1.05 bits per heavy atom. The highest BCUT2D eigenvalue weighted by Crippen LogP contribution is 2.29. The molecule has 0 radical (unpaired) electrons. The Balaban J connectivity index is 1.69. The third-order valence-electron chi connectivity index (χ3n) is 5.38. The minimum Gasteiger partial charge on any atom is -0.497 e. The highest BCUT2D eigenvalue weighted by Gasteiger charge is 2.29. The molecule has 0 spiro atoms. The van der Waals surface area contributed by atoms with Gasteiger partial charge in [0.25, 0.3) is 5.91 Å². The van der Waals surface area contributed by atoms with Gasteiger partial charge in [-0.05, 0) is 79.6 Å². The van der Waals surface area contributed by atoms with Gasteiger partial charge >= 0.3 is 0 Å². The Morgan fingerprint density at radius 2 is 1.74 bits per heavy atom. The predicted molar refractivity (Wildman–Crippen MR) is 149 cm³/mol. The second-order valence-corrected chi connectivity index (χ2v) is 10.5. The number of benzene rings is 3. The smallest absolute Gasteiger partial charge is 0.263 e. The van der Waals surface area contributed by atoms with Crippen molar-refractivity contribution in [2.24, 2.45) is 5.10 Å². The number of carbonyl (C=O) groups excluding carboxylic acids is 1. The third-order valence-corrected chi connectivity index (χ3v) is 6.87. The van der Waals surface area contributed by atoms with Gasteiger partial charge in [0.2, 0.25) is 10.0 Å². The van der Waals surface area contributed by atoms with Gasteiger partial charge in [-0.1, -0.05) is 23.7 Å². The highest BCUT2D eigenvalue weighted by atomic mass is 35.5. The monoisotopic (exact) mass is 559 g/mol. The molecule has 202 valence electrons. The maximum absolute atomic E-state index is 12.8. The second kappa shape index (κ2) is 13.2. The summed E-state index contributed by atoms with van der Waals surface area (Å²) in [5.74, 6) is 1.04. The van der Waals surface area contributed by atoms with Crippen LogP contribution in [0.3, 0.4) is 0 Å². The number of hydrogen-bond acceptors (Lipinski definition) is 7. The molecule has 0 saturated heterocycles. The molecule has 1 amide bonds. The molecule has 3 rings (SSSR count). The molecular weight excluding hydrogens is 530 g/mol. The Morgan fingerprint density at radius 3 is 2.34 bits per heavy atom. The summed E-state index contributed by atoms with van der Waals surface area (Å²) in [5, 5.41) is 4.66. The van der Waals surface area contributed by atoms with Gasteiger partial charge in [-0.25, -0.2) is 13.8 Å². The average Bonchev–Trinajstić information content (AvgIpc) is 2.89. The van der Waals surface area contributed by atoms with Gasteiger partial charge in [0, 0.05) is 5.02 Å². The van der Waals surface area contributed by atoms with E-state index in [2.05, 4.69) is 10.5 Å². The molecule has 0 aliphatic carbocycles. The van der Waals surface area contributed by atoms with Crippen molar-refractivity contribution < 1.29 is 27.4 Å². The Bertz CT molecular complexity index is 1360. The molecule has 0 aromatic heterocycles. The molecule has 11 heteroatoms. The lowest BCUT2D eigenvalue weighted by atomic mass is 10.2. The molecule has 9 nitrogen and oxygen atoms in total. The first kappa shape index (κ1) is 28.8. The molecule has 1 N–H and O–H groups in total. The Hall–Kier alpha value is -3.76. The predicted octanol–water partition coefficient (Wildman–Crippen LogP) is 4.63. The number of hydrazone groups is 1. The lowest BCUT2D eigenvalue weighted by molar-refractivity contribution is -0.121. The van der Waals surface area contributed by atoms with Crippen LogP contribution in [-0.2, 0) is 21.4 Å². The van der Waals surface area contributed by atoms with Gasteiger partial charge in [0.1, 0.15) is 18.4 Å². The number of nitrogens with one attached hydrogen (secondary N) is 1. The molecular formula is C27H30ClN3O6S. The van der Waals surface area contributed by atoms with E-state index < -0.39 is 22.0 Å². The van der Waals surface area contributed by atoms with Crippen LogP contribution in [0.5, 0.6) is 17.2 Å². The molecule has 0 saturated carbocycles. The van der Waals surface area contributed by atoms with Gasteiger partial charge < -0.3 is 14.2 Å².